The second-order valence-corrected chi connectivity index (χ2v) is 3.67. The number of nitrogens with one attached hydrogen (secondary N) is 1. The number of likely N-dealkylation sites (tertiary alicyclic amines) is 1. The van der Waals surface area contributed by atoms with Gasteiger partial charge >= 0.3 is 12.0 Å². The lowest BCUT2D eigenvalue weighted by atomic mass is 10.1. The number of carbonyl (C=O) groups is 2. The molecule has 1 aliphatic rings. The van der Waals surface area contributed by atoms with E-state index in [1.54, 1.807) is 4.90 Å². The molecular formula is C9H16N2O4. The fourth-order valence-electron chi connectivity index (χ4n) is 1.70. The van der Waals surface area contributed by atoms with E-state index in [2.05, 4.69) is 5.32 Å². The number of aliphatic hydroxyl groups is 1. The van der Waals surface area contributed by atoms with Gasteiger partial charge in [0.1, 0.15) is 6.54 Å². The third kappa shape index (κ3) is 3.75. The largest absolute Gasteiger partial charge is 0.480 e. The van der Waals surface area contributed by atoms with E-state index >= 15 is 0 Å². The van der Waals surface area contributed by atoms with Crippen LogP contribution in [0, 0.1) is 5.92 Å². The highest BCUT2D eigenvalue weighted by Crippen LogP contribution is 2.18. The monoisotopic (exact) mass is 216 g/mol. The van der Waals surface area contributed by atoms with Crippen molar-refractivity contribution in [3.05, 3.63) is 0 Å². The third-order valence-corrected chi connectivity index (χ3v) is 2.50. The molecule has 86 valence electrons. The molecule has 1 unspecified atom stereocenters. The average Bonchev–Trinajstić information content (AvgIpc) is 2.63. The molecule has 0 bridgehead atoms. The van der Waals surface area contributed by atoms with Gasteiger partial charge in [-0.3, -0.25) is 4.79 Å². The van der Waals surface area contributed by atoms with Gasteiger partial charge in [0.25, 0.3) is 0 Å². The van der Waals surface area contributed by atoms with Gasteiger partial charge in [0.2, 0.25) is 0 Å². The van der Waals surface area contributed by atoms with Crippen molar-refractivity contribution in [2.45, 2.75) is 12.8 Å². The minimum absolute atomic E-state index is 0.134. The van der Waals surface area contributed by atoms with Crippen LogP contribution in [0.1, 0.15) is 12.8 Å². The molecule has 0 spiro atoms. The molecule has 0 aliphatic carbocycles. The van der Waals surface area contributed by atoms with E-state index in [9.17, 15) is 9.59 Å². The average molecular weight is 216 g/mol. The quantitative estimate of drug-likeness (QED) is 0.590. The third-order valence-electron chi connectivity index (χ3n) is 2.50. The lowest BCUT2D eigenvalue weighted by Gasteiger charge is -2.16. The SMILES string of the molecule is O=C(O)CNC(=O)N1CCC(CCO)C1. The summed E-state index contributed by atoms with van der Waals surface area (Å²) in [5.74, 6) is -0.708. The number of amides is 2. The van der Waals surface area contributed by atoms with Gasteiger partial charge < -0.3 is 20.4 Å². The van der Waals surface area contributed by atoms with Crippen molar-refractivity contribution in [3.8, 4) is 0 Å². The van der Waals surface area contributed by atoms with Crippen LogP contribution in [0.15, 0.2) is 0 Å². The number of hydrogen-bond donors (Lipinski definition) is 3. The molecular weight excluding hydrogens is 200 g/mol. The highest BCUT2D eigenvalue weighted by Gasteiger charge is 2.25. The Morgan fingerprint density at radius 2 is 2.20 bits per heavy atom. The Balaban J connectivity index is 2.27. The van der Waals surface area contributed by atoms with Crippen molar-refractivity contribution in [1.82, 2.24) is 10.2 Å². The van der Waals surface area contributed by atoms with E-state index in [1.165, 1.54) is 0 Å². The number of carbonyl (C=O) groups excluding carboxylic acids is 1. The number of urea groups is 1. The molecule has 1 fully saturated rings. The van der Waals surface area contributed by atoms with E-state index in [4.69, 9.17) is 10.2 Å². The van der Waals surface area contributed by atoms with Crippen LogP contribution in [0.5, 0.6) is 0 Å². The Hall–Kier alpha value is -1.30. The highest BCUT2D eigenvalue weighted by molar-refractivity contribution is 5.80. The molecule has 1 heterocycles. The normalized spacial score (nSPS) is 20.3. The summed E-state index contributed by atoms with van der Waals surface area (Å²) >= 11 is 0. The van der Waals surface area contributed by atoms with Gasteiger partial charge in [-0.25, -0.2) is 4.79 Å². The summed E-state index contributed by atoms with van der Waals surface area (Å²) in [5, 5.41) is 19.4. The predicted octanol–water partition coefficient (Wildman–Crippen LogP) is -0.515. The fraction of sp³-hybridized carbons (Fsp3) is 0.778. The Kier molecular flexibility index (Phi) is 4.36. The van der Waals surface area contributed by atoms with E-state index in [1.807, 2.05) is 0 Å². The lowest BCUT2D eigenvalue weighted by Crippen LogP contribution is -2.40. The summed E-state index contributed by atoms with van der Waals surface area (Å²) in [4.78, 5) is 23.2. The van der Waals surface area contributed by atoms with Crippen LogP contribution < -0.4 is 5.32 Å². The second kappa shape index (κ2) is 5.55. The zero-order chi connectivity index (χ0) is 11.3. The summed E-state index contributed by atoms with van der Waals surface area (Å²) in [6, 6.07) is -0.335. The van der Waals surface area contributed by atoms with Crippen LogP contribution in [-0.2, 0) is 4.79 Å². The second-order valence-electron chi connectivity index (χ2n) is 3.67. The van der Waals surface area contributed by atoms with E-state index in [0.29, 0.717) is 25.4 Å². The van der Waals surface area contributed by atoms with Gasteiger partial charge in [-0.05, 0) is 18.8 Å². The number of rotatable bonds is 4. The van der Waals surface area contributed by atoms with Crippen LogP contribution in [0.4, 0.5) is 4.79 Å². The zero-order valence-electron chi connectivity index (χ0n) is 8.48. The summed E-state index contributed by atoms with van der Waals surface area (Å²) in [7, 11) is 0. The minimum Gasteiger partial charge on any atom is -0.480 e. The standard InChI is InChI=1S/C9H16N2O4/c12-4-2-7-1-3-11(6-7)9(15)10-5-8(13)14/h7,12H,1-6H2,(H,10,15)(H,13,14). The van der Waals surface area contributed by atoms with Crippen molar-refractivity contribution in [2.24, 2.45) is 5.92 Å². The summed E-state index contributed by atoms with van der Waals surface area (Å²) in [6.07, 6.45) is 1.57. The molecule has 1 atom stereocenters. The predicted molar refractivity (Wildman–Crippen MR) is 52.4 cm³/mol. The van der Waals surface area contributed by atoms with Gasteiger partial charge in [0.05, 0.1) is 0 Å². The molecule has 0 aromatic heterocycles. The van der Waals surface area contributed by atoms with E-state index in [-0.39, 0.29) is 19.2 Å². The first-order valence-electron chi connectivity index (χ1n) is 4.99. The summed E-state index contributed by atoms with van der Waals surface area (Å²) in [6.45, 7) is 1.03. The summed E-state index contributed by atoms with van der Waals surface area (Å²) < 4.78 is 0. The molecule has 1 rings (SSSR count). The Labute approximate surface area is 87.9 Å². The van der Waals surface area contributed by atoms with Crippen LogP contribution in [0.25, 0.3) is 0 Å². The van der Waals surface area contributed by atoms with Crippen molar-refractivity contribution >= 4 is 12.0 Å². The first kappa shape index (κ1) is 11.8. The molecule has 1 aliphatic heterocycles. The maximum Gasteiger partial charge on any atom is 0.323 e. The van der Waals surface area contributed by atoms with Crippen molar-refractivity contribution < 1.29 is 19.8 Å². The van der Waals surface area contributed by atoms with Crippen LogP contribution in [0.2, 0.25) is 0 Å². The van der Waals surface area contributed by atoms with Crippen LogP contribution >= 0.6 is 0 Å². The molecule has 0 aromatic rings. The smallest absolute Gasteiger partial charge is 0.323 e. The van der Waals surface area contributed by atoms with Gasteiger partial charge in [0.15, 0.2) is 0 Å². The molecule has 0 saturated carbocycles. The molecule has 1 saturated heterocycles. The van der Waals surface area contributed by atoms with E-state index in [0.717, 1.165) is 6.42 Å². The highest BCUT2D eigenvalue weighted by atomic mass is 16.4. The number of nitrogens with zero attached hydrogens (tertiary/aromatic N) is 1. The Morgan fingerprint density at radius 3 is 2.80 bits per heavy atom. The van der Waals surface area contributed by atoms with Crippen molar-refractivity contribution in [1.29, 1.82) is 0 Å². The number of hydrogen-bond acceptors (Lipinski definition) is 3. The molecule has 0 aromatic carbocycles. The van der Waals surface area contributed by atoms with Gasteiger partial charge in [-0.2, -0.15) is 0 Å². The minimum atomic E-state index is -1.05. The topological polar surface area (TPSA) is 89.9 Å². The molecule has 0 radical (unpaired) electrons. The number of carboxylic acid groups (broad SMARTS) is 1. The van der Waals surface area contributed by atoms with Crippen LogP contribution in [0.3, 0.4) is 0 Å². The Morgan fingerprint density at radius 1 is 1.47 bits per heavy atom. The molecule has 6 nitrogen and oxygen atoms in total. The molecule has 2 amide bonds. The number of aliphatic carboxylic acids is 1. The fourth-order valence-corrected chi connectivity index (χ4v) is 1.70. The molecule has 15 heavy (non-hydrogen) atoms. The molecule has 6 heteroatoms. The maximum atomic E-state index is 11.4. The first-order chi connectivity index (χ1) is 7.13. The van der Waals surface area contributed by atoms with Crippen molar-refractivity contribution in [2.75, 3.05) is 26.2 Å². The van der Waals surface area contributed by atoms with Gasteiger partial charge in [0, 0.05) is 19.7 Å². The van der Waals surface area contributed by atoms with E-state index < -0.39 is 5.97 Å². The molecule has 3 N–H and O–H groups in total. The van der Waals surface area contributed by atoms with Gasteiger partial charge in [-0.15, -0.1) is 0 Å². The Bertz CT molecular complexity index is 244. The zero-order valence-corrected chi connectivity index (χ0v) is 8.48. The number of carboxylic acids is 1. The van der Waals surface area contributed by atoms with Crippen LogP contribution in [-0.4, -0.2) is 53.4 Å². The summed E-state index contributed by atoms with van der Waals surface area (Å²) in [5.41, 5.74) is 0. The maximum absolute atomic E-state index is 11.4. The number of aliphatic hydroxyl groups excluding tert-OH is 1. The van der Waals surface area contributed by atoms with Crippen molar-refractivity contribution in [3.63, 3.8) is 0 Å². The van der Waals surface area contributed by atoms with Gasteiger partial charge in [-0.1, -0.05) is 0 Å². The first-order valence-corrected chi connectivity index (χ1v) is 4.99. The lowest BCUT2D eigenvalue weighted by molar-refractivity contribution is -0.135.